The van der Waals surface area contributed by atoms with Gasteiger partial charge in [0.1, 0.15) is 0 Å². The van der Waals surface area contributed by atoms with Gasteiger partial charge in [0, 0.05) is 22.3 Å². The van der Waals surface area contributed by atoms with Gasteiger partial charge in [-0.1, -0.05) is 37.5 Å². The van der Waals surface area contributed by atoms with Crippen molar-refractivity contribution in [1.82, 2.24) is 0 Å². The molecule has 4 nitrogen and oxygen atoms in total. The quantitative estimate of drug-likeness (QED) is 0.667. The zero-order chi connectivity index (χ0) is 18.4. The largest absolute Gasteiger partial charge is 0.326 e. The Morgan fingerprint density at radius 3 is 2.35 bits per heavy atom. The first-order valence-corrected chi connectivity index (χ1v) is 9.87. The molecule has 136 valence electrons. The van der Waals surface area contributed by atoms with Crippen molar-refractivity contribution in [3.63, 3.8) is 0 Å². The van der Waals surface area contributed by atoms with E-state index in [1.54, 1.807) is 12.1 Å². The highest BCUT2D eigenvalue weighted by Crippen LogP contribution is 2.27. The number of benzene rings is 2. The number of carbonyl (C=O) groups excluding carboxylic acids is 2. The predicted molar refractivity (Wildman–Crippen MR) is 108 cm³/mol. The molecule has 1 aliphatic carbocycles. The van der Waals surface area contributed by atoms with Crippen molar-refractivity contribution < 1.29 is 9.59 Å². The van der Waals surface area contributed by atoms with Crippen LogP contribution in [0.15, 0.2) is 53.0 Å². The first-order valence-electron chi connectivity index (χ1n) is 9.07. The summed E-state index contributed by atoms with van der Waals surface area (Å²) < 4.78 is 0.745. The Bertz CT molecular complexity index is 785. The fourth-order valence-electron chi connectivity index (χ4n) is 3.38. The number of rotatable bonds is 5. The zero-order valence-corrected chi connectivity index (χ0v) is 16.2. The van der Waals surface area contributed by atoms with E-state index in [-0.39, 0.29) is 11.8 Å². The summed E-state index contributed by atoms with van der Waals surface area (Å²) in [5.74, 6) is 0.358. The van der Waals surface area contributed by atoms with Crippen LogP contribution in [0.25, 0.3) is 0 Å². The molecule has 0 saturated heterocycles. The molecule has 5 heteroatoms. The topological polar surface area (TPSA) is 58.2 Å². The summed E-state index contributed by atoms with van der Waals surface area (Å²) in [6, 6.07) is 14.5. The predicted octanol–water partition coefficient (Wildman–Crippen LogP) is 5.61. The fraction of sp³-hybridized carbons (Fsp3) is 0.333. The molecule has 0 atom stereocenters. The third-order valence-electron chi connectivity index (χ3n) is 4.72. The van der Waals surface area contributed by atoms with Crippen molar-refractivity contribution in [1.29, 1.82) is 0 Å². The highest BCUT2D eigenvalue weighted by Gasteiger charge is 2.17. The molecule has 1 fully saturated rings. The summed E-state index contributed by atoms with van der Waals surface area (Å²) in [5.41, 5.74) is 1.93. The number of anilines is 2. The molecule has 1 aliphatic rings. The highest BCUT2D eigenvalue weighted by atomic mass is 79.9. The minimum atomic E-state index is -0.192. The van der Waals surface area contributed by atoms with Gasteiger partial charge in [-0.15, -0.1) is 0 Å². The van der Waals surface area contributed by atoms with Crippen LogP contribution in [0, 0.1) is 5.92 Å². The van der Waals surface area contributed by atoms with Gasteiger partial charge in [0.05, 0.1) is 5.56 Å². The molecule has 0 aromatic heterocycles. The Kier molecular flexibility index (Phi) is 6.45. The summed E-state index contributed by atoms with van der Waals surface area (Å²) in [5, 5.41) is 5.83. The lowest BCUT2D eigenvalue weighted by Gasteiger charge is -2.20. The zero-order valence-electron chi connectivity index (χ0n) is 14.6. The van der Waals surface area contributed by atoms with E-state index in [1.807, 2.05) is 36.4 Å². The molecule has 0 radical (unpaired) electrons. The number of hydrogen-bond donors (Lipinski definition) is 2. The van der Waals surface area contributed by atoms with Gasteiger partial charge in [0.2, 0.25) is 5.91 Å². The van der Waals surface area contributed by atoms with E-state index in [1.165, 1.54) is 19.3 Å². The van der Waals surface area contributed by atoms with Crippen LogP contribution in [0.3, 0.4) is 0 Å². The van der Waals surface area contributed by atoms with E-state index < -0.39 is 0 Å². The Hall–Kier alpha value is -2.14. The maximum atomic E-state index is 12.4. The smallest absolute Gasteiger partial charge is 0.256 e. The van der Waals surface area contributed by atoms with Crippen LogP contribution >= 0.6 is 15.9 Å². The Labute approximate surface area is 162 Å². The van der Waals surface area contributed by atoms with Crippen molar-refractivity contribution in [2.45, 2.75) is 38.5 Å². The number of hydrogen-bond acceptors (Lipinski definition) is 2. The van der Waals surface area contributed by atoms with E-state index >= 15 is 0 Å². The fourth-order valence-corrected chi connectivity index (χ4v) is 3.85. The van der Waals surface area contributed by atoms with Crippen LogP contribution < -0.4 is 10.6 Å². The van der Waals surface area contributed by atoms with Gasteiger partial charge in [-0.3, -0.25) is 9.59 Å². The SMILES string of the molecule is O=C(CC1CCCCC1)Nc1cccc(NC(=O)c2ccccc2Br)c1. The van der Waals surface area contributed by atoms with Gasteiger partial charge in [0.15, 0.2) is 0 Å². The molecule has 2 N–H and O–H groups in total. The lowest BCUT2D eigenvalue weighted by Crippen LogP contribution is -2.18. The first-order chi connectivity index (χ1) is 12.6. The summed E-state index contributed by atoms with van der Waals surface area (Å²) in [6.45, 7) is 0. The van der Waals surface area contributed by atoms with Crippen molar-refractivity contribution in [3.8, 4) is 0 Å². The summed E-state index contributed by atoms with van der Waals surface area (Å²) in [7, 11) is 0. The van der Waals surface area contributed by atoms with Gasteiger partial charge in [0.25, 0.3) is 5.91 Å². The maximum Gasteiger partial charge on any atom is 0.256 e. The second-order valence-corrected chi connectivity index (χ2v) is 7.63. The molecule has 2 amide bonds. The molecule has 1 saturated carbocycles. The Morgan fingerprint density at radius 1 is 0.923 bits per heavy atom. The Balaban J connectivity index is 1.60. The van der Waals surface area contributed by atoms with Crippen molar-refractivity contribution in [2.75, 3.05) is 10.6 Å². The molecule has 2 aromatic carbocycles. The average molecular weight is 415 g/mol. The van der Waals surface area contributed by atoms with E-state index in [9.17, 15) is 9.59 Å². The minimum absolute atomic E-state index is 0.0474. The summed E-state index contributed by atoms with van der Waals surface area (Å²) in [4.78, 5) is 24.7. The van der Waals surface area contributed by atoms with Gasteiger partial charge in [-0.2, -0.15) is 0 Å². The number of nitrogens with one attached hydrogen (secondary N) is 2. The lowest BCUT2D eigenvalue weighted by atomic mass is 9.87. The molecule has 0 spiro atoms. The van der Waals surface area contributed by atoms with Gasteiger partial charge in [-0.25, -0.2) is 0 Å². The second kappa shape index (κ2) is 8.99. The normalized spacial score (nSPS) is 14.7. The van der Waals surface area contributed by atoms with Gasteiger partial charge >= 0.3 is 0 Å². The molecular formula is C21H23BrN2O2. The van der Waals surface area contributed by atoms with Crippen LogP contribution in [0.5, 0.6) is 0 Å². The third kappa shape index (κ3) is 5.18. The molecule has 3 rings (SSSR count). The van der Waals surface area contributed by atoms with E-state index in [0.717, 1.165) is 17.3 Å². The summed E-state index contributed by atoms with van der Waals surface area (Å²) in [6.07, 6.45) is 6.62. The maximum absolute atomic E-state index is 12.4. The van der Waals surface area contributed by atoms with Crippen LogP contribution in [0.4, 0.5) is 11.4 Å². The van der Waals surface area contributed by atoms with Crippen LogP contribution in [0.1, 0.15) is 48.9 Å². The van der Waals surface area contributed by atoms with Gasteiger partial charge < -0.3 is 10.6 Å². The molecule has 26 heavy (non-hydrogen) atoms. The number of halogens is 1. The molecule has 0 bridgehead atoms. The minimum Gasteiger partial charge on any atom is -0.326 e. The first kappa shape index (κ1) is 18.6. The molecular weight excluding hydrogens is 392 g/mol. The number of carbonyl (C=O) groups is 2. The van der Waals surface area contributed by atoms with Crippen LogP contribution in [0.2, 0.25) is 0 Å². The van der Waals surface area contributed by atoms with Gasteiger partial charge in [-0.05, 0) is 65.0 Å². The summed E-state index contributed by atoms with van der Waals surface area (Å²) >= 11 is 3.39. The van der Waals surface area contributed by atoms with E-state index in [0.29, 0.717) is 29.3 Å². The molecule has 0 heterocycles. The Morgan fingerprint density at radius 2 is 1.62 bits per heavy atom. The van der Waals surface area contributed by atoms with Crippen LogP contribution in [-0.2, 0) is 4.79 Å². The number of amides is 2. The molecule has 0 unspecified atom stereocenters. The van der Waals surface area contributed by atoms with Crippen LogP contribution in [-0.4, -0.2) is 11.8 Å². The van der Waals surface area contributed by atoms with Crippen molar-refractivity contribution in [2.24, 2.45) is 5.92 Å². The highest BCUT2D eigenvalue weighted by molar-refractivity contribution is 9.10. The van der Waals surface area contributed by atoms with E-state index in [2.05, 4.69) is 26.6 Å². The molecule has 2 aromatic rings. The lowest BCUT2D eigenvalue weighted by molar-refractivity contribution is -0.117. The standard InChI is InChI=1S/C21H23BrN2O2/c22-19-12-5-4-11-18(19)21(26)24-17-10-6-9-16(14-17)23-20(25)13-15-7-2-1-3-8-15/h4-6,9-12,14-15H,1-3,7-8,13H2,(H,23,25)(H,24,26). The van der Waals surface area contributed by atoms with Crippen molar-refractivity contribution in [3.05, 3.63) is 58.6 Å². The third-order valence-corrected chi connectivity index (χ3v) is 5.41. The van der Waals surface area contributed by atoms with Crippen molar-refractivity contribution >= 4 is 39.1 Å². The monoisotopic (exact) mass is 414 g/mol. The van der Waals surface area contributed by atoms with E-state index in [4.69, 9.17) is 0 Å². The second-order valence-electron chi connectivity index (χ2n) is 6.77. The average Bonchev–Trinajstić information content (AvgIpc) is 2.63. The molecule has 0 aliphatic heterocycles.